The second kappa shape index (κ2) is 16.1. The molecule has 5 saturated carbocycles. The van der Waals surface area contributed by atoms with Crippen molar-refractivity contribution in [2.45, 2.75) is 89.4 Å². The summed E-state index contributed by atoms with van der Waals surface area (Å²) in [7, 11) is 1.65. The third-order valence-electron chi connectivity index (χ3n) is 10.3. The van der Waals surface area contributed by atoms with Crippen LogP contribution in [-0.4, -0.2) is 72.0 Å². The van der Waals surface area contributed by atoms with E-state index < -0.39 is 12.2 Å². The van der Waals surface area contributed by atoms with Crippen molar-refractivity contribution in [1.29, 1.82) is 0 Å². The standard InChI is InChI=1S/C36H50O8S/c1-42-23-25-5-2-4-24(14-25)18-29(37)7-8-30-31(33(39)19-32(30)38)9-13-45-12-3-6-34(40)43-10-11-44-35(41)36-20-26-15-27(21-36)17-28(16-26)22-36/h2,4-5,7-8,14,26-32,37-38H,3,6,9-13,15-23H2,1H3/b8-7+/t26?,27?,28?,29-,30-,31-,32-,36?/m1/s1. The Morgan fingerprint density at radius 2 is 1.73 bits per heavy atom. The number of aliphatic hydroxyl groups excluding tert-OH is 2. The number of ketones is 1. The summed E-state index contributed by atoms with van der Waals surface area (Å²) in [6.07, 6.45) is 11.0. The quantitative estimate of drug-likeness (QED) is 0.136. The monoisotopic (exact) mass is 642 g/mol. The highest BCUT2D eigenvalue weighted by molar-refractivity contribution is 7.99. The molecule has 0 radical (unpaired) electrons. The number of aliphatic hydroxyl groups is 2. The number of hydrogen-bond acceptors (Lipinski definition) is 9. The van der Waals surface area contributed by atoms with Crippen LogP contribution in [0.25, 0.3) is 0 Å². The van der Waals surface area contributed by atoms with E-state index in [1.54, 1.807) is 24.9 Å². The molecule has 4 bridgehead atoms. The second-order valence-electron chi connectivity index (χ2n) is 13.9. The minimum absolute atomic E-state index is 0.0620. The van der Waals surface area contributed by atoms with E-state index >= 15 is 0 Å². The highest BCUT2D eigenvalue weighted by Gasteiger charge is 2.55. The van der Waals surface area contributed by atoms with E-state index in [-0.39, 0.29) is 54.6 Å². The maximum absolute atomic E-state index is 12.9. The summed E-state index contributed by atoms with van der Waals surface area (Å²) in [5, 5.41) is 21.1. The third-order valence-corrected chi connectivity index (χ3v) is 11.4. The van der Waals surface area contributed by atoms with Crippen LogP contribution in [0.3, 0.4) is 0 Å². The molecule has 0 amide bonds. The molecular weight excluding hydrogens is 592 g/mol. The van der Waals surface area contributed by atoms with Crippen molar-refractivity contribution in [3.63, 3.8) is 0 Å². The molecule has 2 N–H and O–H groups in total. The van der Waals surface area contributed by atoms with Crippen LogP contribution in [0.1, 0.15) is 75.3 Å². The summed E-state index contributed by atoms with van der Waals surface area (Å²) in [6.45, 7) is 0.733. The van der Waals surface area contributed by atoms with Gasteiger partial charge in [-0.05, 0) is 91.8 Å². The van der Waals surface area contributed by atoms with E-state index in [2.05, 4.69) is 0 Å². The average Bonchev–Trinajstić information content (AvgIpc) is 3.26. The molecule has 0 aliphatic heterocycles. The summed E-state index contributed by atoms with van der Waals surface area (Å²) in [6, 6.07) is 7.89. The number of methoxy groups -OCH3 is 1. The van der Waals surface area contributed by atoms with Crippen LogP contribution < -0.4 is 0 Å². The summed E-state index contributed by atoms with van der Waals surface area (Å²) in [5.74, 6) is 2.68. The van der Waals surface area contributed by atoms with Crippen molar-refractivity contribution in [1.82, 2.24) is 0 Å². The van der Waals surface area contributed by atoms with Gasteiger partial charge in [-0.15, -0.1) is 0 Å². The van der Waals surface area contributed by atoms with Crippen molar-refractivity contribution in [2.75, 3.05) is 31.8 Å². The van der Waals surface area contributed by atoms with Gasteiger partial charge in [0, 0.05) is 38.2 Å². The summed E-state index contributed by atoms with van der Waals surface area (Å²) < 4.78 is 16.1. The van der Waals surface area contributed by atoms with Crippen LogP contribution >= 0.6 is 11.8 Å². The predicted molar refractivity (Wildman–Crippen MR) is 172 cm³/mol. The van der Waals surface area contributed by atoms with Crippen molar-refractivity contribution in [2.24, 2.45) is 35.0 Å². The topological polar surface area (TPSA) is 119 Å². The Morgan fingerprint density at radius 3 is 2.44 bits per heavy atom. The molecule has 6 rings (SSSR count). The second-order valence-corrected chi connectivity index (χ2v) is 15.1. The van der Waals surface area contributed by atoms with Gasteiger partial charge >= 0.3 is 11.9 Å². The fourth-order valence-corrected chi connectivity index (χ4v) is 9.65. The van der Waals surface area contributed by atoms with Crippen LogP contribution in [0.15, 0.2) is 36.4 Å². The van der Waals surface area contributed by atoms with E-state index in [0.29, 0.717) is 50.0 Å². The van der Waals surface area contributed by atoms with Gasteiger partial charge in [0.1, 0.15) is 19.0 Å². The normalized spacial score (nSPS) is 31.0. The number of rotatable bonds is 17. The third kappa shape index (κ3) is 9.21. The summed E-state index contributed by atoms with van der Waals surface area (Å²) in [5.41, 5.74) is 1.76. The van der Waals surface area contributed by atoms with E-state index in [1.807, 2.05) is 30.3 Å². The molecule has 9 heteroatoms. The van der Waals surface area contributed by atoms with Crippen LogP contribution in [0.5, 0.6) is 0 Å². The van der Waals surface area contributed by atoms with Gasteiger partial charge in [-0.2, -0.15) is 11.8 Å². The van der Waals surface area contributed by atoms with Crippen molar-refractivity contribution < 1.29 is 38.8 Å². The Balaban J connectivity index is 0.935. The van der Waals surface area contributed by atoms with Crippen LogP contribution in [0.4, 0.5) is 0 Å². The largest absolute Gasteiger partial charge is 0.462 e. The molecule has 5 fully saturated rings. The maximum atomic E-state index is 12.9. The Bertz CT molecular complexity index is 1160. The first-order valence-electron chi connectivity index (χ1n) is 16.8. The van der Waals surface area contributed by atoms with Gasteiger partial charge in [0.25, 0.3) is 0 Å². The average molecular weight is 643 g/mol. The van der Waals surface area contributed by atoms with E-state index in [4.69, 9.17) is 14.2 Å². The number of ether oxygens (including phenoxy) is 3. The van der Waals surface area contributed by atoms with Gasteiger partial charge < -0.3 is 24.4 Å². The van der Waals surface area contributed by atoms with Gasteiger partial charge in [0.2, 0.25) is 0 Å². The molecule has 0 aromatic heterocycles. The zero-order valence-electron chi connectivity index (χ0n) is 26.6. The lowest BCUT2D eigenvalue weighted by Crippen LogP contribution is -2.50. The number of carbonyl (C=O) groups excluding carboxylic acids is 3. The number of hydrogen-bond donors (Lipinski definition) is 2. The Labute approximate surface area is 271 Å². The van der Waals surface area contributed by atoms with Crippen LogP contribution in [-0.2, 0) is 41.6 Å². The fraction of sp³-hybridized carbons (Fsp3) is 0.694. The lowest BCUT2D eigenvalue weighted by atomic mass is 9.49. The van der Waals surface area contributed by atoms with Crippen LogP contribution in [0.2, 0.25) is 0 Å². The molecular formula is C36H50O8S. The van der Waals surface area contributed by atoms with Gasteiger partial charge in [0.05, 0.1) is 24.2 Å². The Hall–Kier alpha value is -2.20. The molecule has 0 heterocycles. The molecule has 45 heavy (non-hydrogen) atoms. The van der Waals surface area contributed by atoms with Crippen molar-refractivity contribution in [3.05, 3.63) is 47.5 Å². The SMILES string of the molecule is COCc1cccc(C[C@H](O)/C=C/[C@H]2[C@H](O)CC(=O)[C@@H]2CCSCCCC(=O)OCCOC(=O)C23CC4CC(CC(C4)C2)C3)c1. The van der Waals surface area contributed by atoms with Gasteiger partial charge in [-0.25, -0.2) is 0 Å². The van der Waals surface area contributed by atoms with Crippen molar-refractivity contribution >= 4 is 29.5 Å². The molecule has 0 unspecified atom stereocenters. The summed E-state index contributed by atoms with van der Waals surface area (Å²) >= 11 is 1.68. The zero-order chi connectivity index (χ0) is 31.8. The lowest BCUT2D eigenvalue weighted by Gasteiger charge is -2.55. The zero-order valence-corrected chi connectivity index (χ0v) is 27.4. The number of thioether (sulfide) groups is 1. The minimum Gasteiger partial charge on any atom is -0.462 e. The molecule has 0 spiro atoms. The molecule has 1 aromatic rings. The minimum atomic E-state index is -0.734. The van der Waals surface area contributed by atoms with Gasteiger partial charge in [-0.1, -0.05) is 36.4 Å². The molecule has 248 valence electrons. The lowest BCUT2D eigenvalue weighted by molar-refractivity contribution is -0.174. The predicted octanol–water partition coefficient (Wildman–Crippen LogP) is 5.07. The number of esters is 2. The first kappa shape index (κ1) is 34.1. The first-order chi connectivity index (χ1) is 21.7. The van der Waals surface area contributed by atoms with E-state index in [1.165, 1.54) is 19.3 Å². The summed E-state index contributed by atoms with van der Waals surface area (Å²) in [4.78, 5) is 37.7. The Morgan fingerprint density at radius 1 is 1.04 bits per heavy atom. The van der Waals surface area contributed by atoms with E-state index in [9.17, 15) is 24.6 Å². The number of benzene rings is 1. The highest BCUT2D eigenvalue weighted by Crippen LogP contribution is 2.60. The number of Topliss-reactive ketones (excluding diaryl/α,β-unsaturated/α-hetero) is 1. The highest BCUT2D eigenvalue weighted by atomic mass is 32.2. The molecule has 5 aliphatic rings. The van der Waals surface area contributed by atoms with Gasteiger partial charge in [-0.3, -0.25) is 14.4 Å². The smallest absolute Gasteiger partial charge is 0.312 e. The van der Waals surface area contributed by atoms with Crippen molar-refractivity contribution in [3.8, 4) is 0 Å². The number of carbonyl (C=O) groups is 3. The molecule has 5 aliphatic carbocycles. The van der Waals surface area contributed by atoms with Crippen LogP contribution in [0, 0.1) is 35.0 Å². The maximum Gasteiger partial charge on any atom is 0.312 e. The Kier molecular flexibility index (Phi) is 12.2. The van der Waals surface area contributed by atoms with E-state index in [0.717, 1.165) is 41.9 Å². The molecule has 8 nitrogen and oxygen atoms in total. The molecule has 4 atom stereocenters. The molecule has 0 saturated heterocycles. The van der Waals surface area contributed by atoms with Gasteiger partial charge in [0.15, 0.2) is 0 Å². The first-order valence-corrected chi connectivity index (χ1v) is 17.9. The fourth-order valence-electron chi connectivity index (χ4n) is 8.68. The molecule has 1 aromatic carbocycles.